The maximum Gasteiger partial charge on any atom is 0.325 e. The number of nitrogens with one attached hydrogen (secondary N) is 1. The van der Waals surface area contributed by atoms with Gasteiger partial charge in [0, 0.05) is 5.56 Å². The fourth-order valence-corrected chi connectivity index (χ4v) is 2.60. The predicted molar refractivity (Wildman–Crippen MR) is 100 cm³/mol. The van der Waals surface area contributed by atoms with Gasteiger partial charge >= 0.3 is 5.97 Å². The lowest BCUT2D eigenvalue weighted by Gasteiger charge is -2.11. The molecule has 3 aromatic rings. The number of carbonyl (C=O) groups is 2. The van der Waals surface area contributed by atoms with E-state index in [2.05, 4.69) is 10.3 Å². The zero-order valence-electron chi connectivity index (χ0n) is 14.8. The van der Waals surface area contributed by atoms with Gasteiger partial charge in [-0.1, -0.05) is 30.3 Å². The van der Waals surface area contributed by atoms with Gasteiger partial charge in [-0.25, -0.2) is 4.98 Å². The minimum atomic E-state index is -0.685. The highest BCUT2D eigenvalue weighted by atomic mass is 16.5. The molecule has 0 saturated heterocycles. The Kier molecular flexibility index (Phi) is 5.77. The molecule has 0 aliphatic carbocycles. The summed E-state index contributed by atoms with van der Waals surface area (Å²) in [5, 5.41) is 11.8. The third-order valence-electron chi connectivity index (χ3n) is 3.96. The molecule has 8 heteroatoms. The fraction of sp³-hybridized carbons (Fsp3) is 0.150. The molecular weight excluding hydrogens is 360 g/mol. The lowest BCUT2D eigenvalue weighted by molar-refractivity contribution is -0.144. The van der Waals surface area contributed by atoms with Gasteiger partial charge in [0.2, 0.25) is 0 Å². The molecule has 1 heterocycles. The Bertz CT molecular complexity index is 1120. The lowest BCUT2D eigenvalue weighted by Crippen LogP contribution is -2.31. The molecule has 140 valence electrons. The summed E-state index contributed by atoms with van der Waals surface area (Å²) in [5.41, 5.74) is 0.495. The molecule has 0 spiro atoms. The molecule has 0 bridgehead atoms. The van der Waals surface area contributed by atoms with E-state index < -0.39 is 11.9 Å². The summed E-state index contributed by atoms with van der Waals surface area (Å²) in [6, 6.07) is 17.1. The summed E-state index contributed by atoms with van der Waals surface area (Å²) < 4.78 is 6.28. The molecule has 2 aromatic carbocycles. The van der Waals surface area contributed by atoms with Crippen LogP contribution in [0.3, 0.4) is 0 Å². The fourth-order valence-electron chi connectivity index (χ4n) is 2.60. The summed E-state index contributed by atoms with van der Waals surface area (Å²) in [4.78, 5) is 40.7. The highest BCUT2D eigenvalue weighted by Gasteiger charge is 2.13. The highest BCUT2D eigenvalue weighted by Crippen LogP contribution is 2.09. The van der Waals surface area contributed by atoms with Crippen LogP contribution in [0.5, 0.6) is 0 Å². The van der Waals surface area contributed by atoms with Crippen molar-refractivity contribution < 1.29 is 14.3 Å². The summed E-state index contributed by atoms with van der Waals surface area (Å²) >= 11 is 0. The number of hydrogen-bond donors (Lipinski definition) is 1. The van der Waals surface area contributed by atoms with Crippen LogP contribution in [0.2, 0.25) is 0 Å². The number of fused-ring (bicyclic) bond motifs is 1. The van der Waals surface area contributed by atoms with Gasteiger partial charge < -0.3 is 10.1 Å². The monoisotopic (exact) mass is 376 g/mol. The number of hydrogen-bond acceptors (Lipinski definition) is 6. The first-order chi connectivity index (χ1) is 13.6. The Morgan fingerprint density at radius 1 is 1.11 bits per heavy atom. The zero-order chi connectivity index (χ0) is 19.9. The SMILES string of the molecule is N#CCn1c(COC(=O)CNC(=O)c2ccccc2)nc2ccccc2c1=O. The third kappa shape index (κ3) is 4.22. The van der Waals surface area contributed by atoms with Crippen molar-refractivity contribution in [1.29, 1.82) is 5.26 Å². The van der Waals surface area contributed by atoms with E-state index >= 15 is 0 Å². The number of rotatable bonds is 6. The normalized spacial score (nSPS) is 10.2. The number of para-hydroxylation sites is 1. The van der Waals surface area contributed by atoms with E-state index in [1.54, 1.807) is 54.6 Å². The lowest BCUT2D eigenvalue weighted by atomic mass is 10.2. The van der Waals surface area contributed by atoms with E-state index in [1.165, 1.54) is 0 Å². The maximum atomic E-state index is 12.5. The number of aromatic nitrogens is 2. The first-order valence-electron chi connectivity index (χ1n) is 8.44. The molecule has 8 nitrogen and oxygen atoms in total. The minimum Gasteiger partial charge on any atom is -0.456 e. The van der Waals surface area contributed by atoms with Crippen LogP contribution in [-0.4, -0.2) is 28.0 Å². The number of nitrogens with zero attached hydrogens (tertiary/aromatic N) is 3. The molecule has 0 aliphatic rings. The van der Waals surface area contributed by atoms with Crippen LogP contribution < -0.4 is 10.9 Å². The van der Waals surface area contributed by atoms with Crippen molar-refractivity contribution in [2.24, 2.45) is 0 Å². The zero-order valence-corrected chi connectivity index (χ0v) is 14.8. The summed E-state index contributed by atoms with van der Waals surface area (Å²) in [7, 11) is 0. The largest absolute Gasteiger partial charge is 0.456 e. The Hall–Kier alpha value is -3.99. The van der Waals surface area contributed by atoms with Crippen LogP contribution in [0, 0.1) is 11.3 Å². The van der Waals surface area contributed by atoms with Crippen LogP contribution in [0.25, 0.3) is 10.9 Å². The molecule has 0 unspecified atom stereocenters. The van der Waals surface area contributed by atoms with E-state index in [4.69, 9.17) is 10.00 Å². The van der Waals surface area contributed by atoms with Crippen molar-refractivity contribution in [3.8, 4) is 6.07 Å². The van der Waals surface area contributed by atoms with E-state index in [1.807, 2.05) is 6.07 Å². The van der Waals surface area contributed by atoms with Crippen LogP contribution in [0.1, 0.15) is 16.2 Å². The summed E-state index contributed by atoms with van der Waals surface area (Å²) in [6.07, 6.45) is 0. The summed E-state index contributed by atoms with van der Waals surface area (Å²) in [5.74, 6) is -0.925. The predicted octanol–water partition coefficient (Wildman–Crippen LogP) is 1.39. The number of carbonyl (C=O) groups excluding carboxylic acids is 2. The van der Waals surface area contributed by atoms with Gasteiger partial charge in [-0.15, -0.1) is 0 Å². The Balaban J connectivity index is 1.68. The van der Waals surface area contributed by atoms with Crippen LogP contribution >= 0.6 is 0 Å². The van der Waals surface area contributed by atoms with Crippen LogP contribution in [0.15, 0.2) is 59.4 Å². The smallest absolute Gasteiger partial charge is 0.325 e. The van der Waals surface area contributed by atoms with Gasteiger partial charge in [0.05, 0.1) is 17.0 Å². The number of esters is 1. The number of benzene rings is 2. The molecular formula is C20H16N4O4. The molecule has 28 heavy (non-hydrogen) atoms. The minimum absolute atomic E-state index is 0.160. The number of amides is 1. The second-order valence-corrected chi connectivity index (χ2v) is 5.80. The molecule has 0 fully saturated rings. The molecule has 0 saturated carbocycles. The Morgan fingerprint density at radius 3 is 2.57 bits per heavy atom. The maximum absolute atomic E-state index is 12.5. The van der Waals surface area contributed by atoms with Crippen molar-refractivity contribution >= 4 is 22.8 Å². The standard InChI is InChI=1S/C20H16N4O4/c21-10-11-24-17(23-16-9-5-4-8-15(16)20(24)27)13-28-18(25)12-22-19(26)14-6-2-1-3-7-14/h1-9H,11-13H2,(H,22,26). The van der Waals surface area contributed by atoms with Gasteiger partial charge in [-0.05, 0) is 24.3 Å². The number of ether oxygens (including phenoxy) is 1. The molecule has 0 radical (unpaired) electrons. The second-order valence-electron chi connectivity index (χ2n) is 5.80. The van der Waals surface area contributed by atoms with Gasteiger partial charge in [-0.3, -0.25) is 19.0 Å². The quantitative estimate of drug-likeness (QED) is 0.650. The van der Waals surface area contributed by atoms with Crippen LogP contribution in [-0.2, 0) is 22.7 Å². The van der Waals surface area contributed by atoms with E-state index in [9.17, 15) is 14.4 Å². The third-order valence-corrected chi connectivity index (χ3v) is 3.96. The van der Waals surface area contributed by atoms with Crippen molar-refractivity contribution in [3.05, 3.63) is 76.3 Å². The Labute approximate surface area is 160 Å². The number of nitriles is 1. The molecule has 0 atom stereocenters. The first kappa shape index (κ1) is 18.8. The van der Waals surface area contributed by atoms with Crippen molar-refractivity contribution in [1.82, 2.24) is 14.9 Å². The van der Waals surface area contributed by atoms with E-state index in [0.717, 1.165) is 4.57 Å². The average molecular weight is 376 g/mol. The molecule has 1 amide bonds. The molecule has 0 aliphatic heterocycles. The summed E-state index contributed by atoms with van der Waals surface area (Å²) in [6.45, 7) is -0.833. The van der Waals surface area contributed by atoms with Crippen molar-refractivity contribution in [2.75, 3.05) is 6.54 Å². The van der Waals surface area contributed by atoms with Gasteiger partial charge in [0.15, 0.2) is 5.82 Å². The van der Waals surface area contributed by atoms with Crippen molar-refractivity contribution in [2.45, 2.75) is 13.2 Å². The average Bonchev–Trinajstić information content (AvgIpc) is 2.73. The van der Waals surface area contributed by atoms with E-state index in [0.29, 0.717) is 16.5 Å². The van der Waals surface area contributed by atoms with E-state index in [-0.39, 0.29) is 31.1 Å². The molecule has 1 N–H and O–H groups in total. The topological polar surface area (TPSA) is 114 Å². The van der Waals surface area contributed by atoms with Gasteiger partial charge in [0.1, 0.15) is 19.7 Å². The van der Waals surface area contributed by atoms with Crippen molar-refractivity contribution in [3.63, 3.8) is 0 Å². The molecule has 1 aromatic heterocycles. The highest BCUT2D eigenvalue weighted by molar-refractivity contribution is 5.95. The van der Waals surface area contributed by atoms with Gasteiger partial charge in [0.25, 0.3) is 11.5 Å². The Morgan fingerprint density at radius 2 is 1.82 bits per heavy atom. The second kappa shape index (κ2) is 8.60. The van der Waals surface area contributed by atoms with Gasteiger partial charge in [-0.2, -0.15) is 5.26 Å². The first-order valence-corrected chi connectivity index (χ1v) is 8.44. The van der Waals surface area contributed by atoms with Crippen LogP contribution in [0.4, 0.5) is 0 Å². The molecule has 3 rings (SSSR count).